The number of halogens is 1. The molecule has 0 unspecified atom stereocenters. The summed E-state index contributed by atoms with van der Waals surface area (Å²) in [5, 5.41) is 7.29. The van der Waals surface area contributed by atoms with E-state index >= 15 is 0 Å². The Bertz CT molecular complexity index is 328. The van der Waals surface area contributed by atoms with E-state index in [-0.39, 0.29) is 5.95 Å². The van der Waals surface area contributed by atoms with Gasteiger partial charge in [0.25, 0.3) is 0 Å². The Morgan fingerprint density at radius 1 is 1.57 bits per heavy atom. The Labute approximate surface area is 83.3 Å². The lowest BCUT2D eigenvalue weighted by Gasteiger charge is -2.02. The van der Waals surface area contributed by atoms with Crippen molar-refractivity contribution in [2.24, 2.45) is 13.0 Å². The van der Waals surface area contributed by atoms with Gasteiger partial charge in [-0.25, -0.2) is 4.68 Å². The third kappa shape index (κ3) is 1.95. The van der Waals surface area contributed by atoms with E-state index in [2.05, 4.69) is 10.4 Å². The molecule has 0 amide bonds. The Balaban J connectivity index is 1.93. The van der Waals surface area contributed by atoms with Gasteiger partial charge in [-0.1, -0.05) is 0 Å². The van der Waals surface area contributed by atoms with E-state index in [9.17, 15) is 4.39 Å². The molecule has 0 atom stereocenters. The van der Waals surface area contributed by atoms with Gasteiger partial charge in [0.2, 0.25) is 5.95 Å². The SMILES string of the molecule is Cc1nn(C)c(F)c1CNCC1CC1. The third-order valence-corrected chi connectivity index (χ3v) is 2.70. The number of nitrogens with zero attached hydrogens (tertiary/aromatic N) is 2. The van der Waals surface area contributed by atoms with Crippen LogP contribution in [0.2, 0.25) is 0 Å². The summed E-state index contributed by atoms with van der Waals surface area (Å²) in [6.45, 7) is 3.45. The molecular weight excluding hydrogens is 181 g/mol. The minimum Gasteiger partial charge on any atom is -0.312 e. The van der Waals surface area contributed by atoms with Crippen LogP contribution in [0.5, 0.6) is 0 Å². The number of nitrogens with one attached hydrogen (secondary N) is 1. The molecule has 1 N–H and O–H groups in total. The standard InChI is InChI=1S/C10H16FN3/c1-7-9(10(11)14(2)13-7)6-12-5-8-3-4-8/h8,12H,3-6H2,1-2H3. The molecule has 1 aromatic heterocycles. The van der Waals surface area contributed by atoms with Crippen LogP contribution < -0.4 is 5.32 Å². The maximum atomic E-state index is 13.4. The molecule has 1 aliphatic rings. The van der Waals surface area contributed by atoms with Gasteiger partial charge >= 0.3 is 0 Å². The third-order valence-electron chi connectivity index (χ3n) is 2.70. The number of rotatable bonds is 4. The van der Waals surface area contributed by atoms with Crippen LogP contribution >= 0.6 is 0 Å². The molecule has 3 nitrogen and oxygen atoms in total. The molecule has 1 aliphatic carbocycles. The molecule has 2 rings (SSSR count). The van der Waals surface area contributed by atoms with Crippen molar-refractivity contribution in [3.63, 3.8) is 0 Å². The summed E-state index contributed by atoms with van der Waals surface area (Å²) >= 11 is 0. The first kappa shape index (κ1) is 9.65. The molecule has 78 valence electrons. The number of hydrogen-bond donors (Lipinski definition) is 1. The molecule has 1 heterocycles. The highest BCUT2D eigenvalue weighted by molar-refractivity contribution is 5.16. The monoisotopic (exact) mass is 197 g/mol. The first-order chi connectivity index (χ1) is 6.68. The molecule has 14 heavy (non-hydrogen) atoms. The minimum absolute atomic E-state index is 0.217. The van der Waals surface area contributed by atoms with Crippen LogP contribution in [0.3, 0.4) is 0 Å². The number of aromatic nitrogens is 2. The summed E-state index contributed by atoms with van der Waals surface area (Å²) in [6, 6.07) is 0. The van der Waals surface area contributed by atoms with E-state index in [4.69, 9.17) is 0 Å². The molecule has 1 fully saturated rings. The first-order valence-electron chi connectivity index (χ1n) is 5.07. The smallest absolute Gasteiger partial charge is 0.215 e. The lowest BCUT2D eigenvalue weighted by atomic mass is 10.2. The fourth-order valence-electron chi connectivity index (χ4n) is 1.60. The van der Waals surface area contributed by atoms with Gasteiger partial charge in [-0.05, 0) is 32.2 Å². The summed E-state index contributed by atoms with van der Waals surface area (Å²) in [5.41, 5.74) is 1.49. The second-order valence-electron chi connectivity index (χ2n) is 4.05. The molecule has 0 radical (unpaired) electrons. The van der Waals surface area contributed by atoms with E-state index in [0.29, 0.717) is 12.1 Å². The van der Waals surface area contributed by atoms with Gasteiger partial charge in [0.15, 0.2) is 0 Å². The van der Waals surface area contributed by atoms with Crippen molar-refractivity contribution in [3.8, 4) is 0 Å². The van der Waals surface area contributed by atoms with E-state index in [1.54, 1.807) is 7.05 Å². The predicted octanol–water partition coefficient (Wildman–Crippen LogP) is 1.37. The van der Waals surface area contributed by atoms with Crippen LogP contribution in [0, 0.1) is 18.8 Å². The molecule has 0 aliphatic heterocycles. The van der Waals surface area contributed by atoms with Crippen molar-refractivity contribution in [3.05, 3.63) is 17.2 Å². The van der Waals surface area contributed by atoms with Crippen LogP contribution in [0.4, 0.5) is 4.39 Å². The van der Waals surface area contributed by atoms with E-state index in [1.165, 1.54) is 17.5 Å². The van der Waals surface area contributed by atoms with Crippen molar-refractivity contribution in [1.82, 2.24) is 15.1 Å². The van der Waals surface area contributed by atoms with Crippen LogP contribution in [-0.4, -0.2) is 16.3 Å². The summed E-state index contributed by atoms with van der Waals surface area (Å²) in [4.78, 5) is 0. The van der Waals surface area contributed by atoms with Gasteiger partial charge in [0, 0.05) is 19.2 Å². The van der Waals surface area contributed by atoms with Crippen molar-refractivity contribution in [1.29, 1.82) is 0 Å². The second kappa shape index (κ2) is 3.69. The Morgan fingerprint density at radius 3 is 2.79 bits per heavy atom. The van der Waals surface area contributed by atoms with Gasteiger partial charge in [-0.15, -0.1) is 0 Å². The van der Waals surface area contributed by atoms with Crippen molar-refractivity contribution < 1.29 is 4.39 Å². The average Bonchev–Trinajstić information content (AvgIpc) is 2.90. The highest BCUT2D eigenvalue weighted by Crippen LogP contribution is 2.27. The molecule has 4 heteroatoms. The molecule has 1 saturated carbocycles. The second-order valence-corrected chi connectivity index (χ2v) is 4.05. The van der Waals surface area contributed by atoms with Gasteiger partial charge in [-0.3, -0.25) is 0 Å². The minimum atomic E-state index is -0.217. The lowest BCUT2D eigenvalue weighted by Crippen LogP contribution is -2.17. The molecule has 0 bridgehead atoms. The quantitative estimate of drug-likeness (QED) is 0.790. The van der Waals surface area contributed by atoms with Crippen molar-refractivity contribution in [2.45, 2.75) is 26.3 Å². The van der Waals surface area contributed by atoms with Gasteiger partial charge < -0.3 is 5.32 Å². The fourth-order valence-corrected chi connectivity index (χ4v) is 1.60. The van der Waals surface area contributed by atoms with E-state index < -0.39 is 0 Å². The Morgan fingerprint density at radius 2 is 2.29 bits per heavy atom. The lowest BCUT2D eigenvalue weighted by molar-refractivity contribution is 0.488. The maximum Gasteiger partial charge on any atom is 0.215 e. The fraction of sp³-hybridized carbons (Fsp3) is 0.700. The molecule has 0 spiro atoms. The van der Waals surface area contributed by atoms with Gasteiger partial charge in [-0.2, -0.15) is 9.49 Å². The number of hydrogen-bond acceptors (Lipinski definition) is 2. The zero-order valence-corrected chi connectivity index (χ0v) is 8.68. The molecule has 1 aromatic rings. The van der Waals surface area contributed by atoms with Crippen molar-refractivity contribution in [2.75, 3.05) is 6.54 Å². The zero-order valence-electron chi connectivity index (χ0n) is 8.68. The number of aryl methyl sites for hydroxylation is 2. The van der Waals surface area contributed by atoms with E-state index in [0.717, 1.165) is 18.2 Å². The van der Waals surface area contributed by atoms with Gasteiger partial charge in [0.1, 0.15) is 0 Å². The van der Waals surface area contributed by atoms with Crippen molar-refractivity contribution >= 4 is 0 Å². The summed E-state index contributed by atoms with van der Waals surface area (Å²) in [5.74, 6) is 0.612. The molecular formula is C10H16FN3. The highest BCUT2D eigenvalue weighted by Gasteiger charge is 2.21. The molecule has 0 aromatic carbocycles. The maximum absolute atomic E-state index is 13.4. The zero-order chi connectivity index (χ0) is 10.1. The summed E-state index contributed by atoms with van der Waals surface area (Å²) < 4.78 is 14.7. The topological polar surface area (TPSA) is 29.9 Å². The molecule has 0 saturated heterocycles. The highest BCUT2D eigenvalue weighted by atomic mass is 19.1. The van der Waals surface area contributed by atoms with Crippen LogP contribution in [0.1, 0.15) is 24.1 Å². The van der Waals surface area contributed by atoms with Crippen LogP contribution in [-0.2, 0) is 13.6 Å². The Kier molecular flexibility index (Phi) is 2.54. The summed E-state index contributed by atoms with van der Waals surface area (Å²) in [7, 11) is 1.63. The summed E-state index contributed by atoms with van der Waals surface area (Å²) in [6.07, 6.45) is 2.64. The van der Waals surface area contributed by atoms with Crippen LogP contribution in [0.15, 0.2) is 0 Å². The predicted molar refractivity (Wildman–Crippen MR) is 52.3 cm³/mol. The Hall–Kier alpha value is -0.900. The normalized spacial score (nSPS) is 16.2. The van der Waals surface area contributed by atoms with Crippen LogP contribution in [0.25, 0.3) is 0 Å². The first-order valence-corrected chi connectivity index (χ1v) is 5.07. The van der Waals surface area contributed by atoms with E-state index in [1.807, 2.05) is 6.92 Å². The van der Waals surface area contributed by atoms with Gasteiger partial charge in [0.05, 0.1) is 5.69 Å². The average molecular weight is 197 g/mol. The largest absolute Gasteiger partial charge is 0.312 e.